The normalized spacial score (nSPS) is 11.3. The number of ketones is 1. The number of carbonyl (C=O) groups excluding carboxylic acids is 1. The molecule has 0 N–H and O–H groups in total. The maximum Gasteiger partial charge on any atom is 0.185 e. The molecule has 4 heteroatoms. The van der Waals surface area contributed by atoms with Gasteiger partial charge in [0.1, 0.15) is 11.5 Å². The highest BCUT2D eigenvalue weighted by Crippen LogP contribution is 2.13. The van der Waals surface area contributed by atoms with Crippen molar-refractivity contribution in [3.05, 3.63) is 29.8 Å². The van der Waals surface area contributed by atoms with Crippen LogP contribution in [0.25, 0.3) is 0 Å². The third kappa shape index (κ3) is 3.16. The van der Waals surface area contributed by atoms with Crippen LogP contribution in [0.3, 0.4) is 0 Å². The third-order valence-corrected chi connectivity index (χ3v) is 3.77. The summed E-state index contributed by atoms with van der Waals surface area (Å²) >= 11 is 0. The van der Waals surface area contributed by atoms with E-state index >= 15 is 0 Å². The Morgan fingerprint density at radius 2 is 2.00 bits per heavy atom. The van der Waals surface area contributed by atoms with Crippen LogP contribution in [0.15, 0.2) is 29.2 Å². The molecule has 1 aromatic carbocycles. The average Bonchev–Trinajstić information content (AvgIpc) is 2.17. The maximum atomic E-state index is 11.7. The predicted molar refractivity (Wildman–Crippen MR) is 58.5 cm³/mol. The Morgan fingerprint density at radius 1 is 1.33 bits per heavy atom. The molecule has 82 valence electrons. The van der Waals surface area contributed by atoms with E-state index in [-0.39, 0.29) is 17.1 Å². The van der Waals surface area contributed by atoms with E-state index in [1.165, 1.54) is 6.07 Å². The fraction of sp³-hybridized carbons (Fsp3) is 0.364. The summed E-state index contributed by atoms with van der Waals surface area (Å²) in [5, 5.41) is 0. The molecule has 0 aliphatic carbocycles. The van der Waals surface area contributed by atoms with Crippen molar-refractivity contribution in [2.45, 2.75) is 25.2 Å². The summed E-state index contributed by atoms with van der Waals surface area (Å²) in [5.41, 5.74) is 0.875. The van der Waals surface area contributed by atoms with Gasteiger partial charge in [-0.25, -0.2) is 8.42 Å². The smallest absolute Gasteiger partial charge is 0.185 e. The number of hydrogen-bond donors (Lipinski definition) is 0. The Morgan fingerprint density at radius 3 is 2.53 bits per heavy atom. The Hall–Kier alpha value is -1.16. The van der Waals surface area contributed by atoms with Gasteiger partial charge in [0, 0.05) is 6.42 Å². The largest absolute Gasteiger partial charge is 0.299 e. The van der Waals surface area contributed by atoms with Gasteiger partial charge in [-0.2, -0.15) is 0 Å². The highest BCUT2D eigenvalue weighted by molar-refractivity contribution is 7.92. The first-order valence-electron chi connectivity index (χ1n) is 4.77. The summed E-state index contributed by atoms with van der Waals surface area (Å²) in [4.78, 5) is 11.3. The molecule has 0 saturated carbocycles. The van der Waals surface area contributed by atoms with E-state index in [9.17, 15) is 13.2 Å². The summed E-state index contributed by atoms with van der Waals surface area (Å²) in [6.07, 6.45) is 0.255. The molecule has 0 spiro atoms. The molecule has 0 unspecified atom stereocenters. The van der Waals surface area contributed by atoms with Gasteiger partial charge >= 0.3 is 0 Å². The number of benzene rings is 1. The molecule has 0 atom stereocenters. The predicted octanol–water partition coefficient (Wildman–Crippen LogP) is 1.75. The maximum absolute atomic E-state index is 11.7. The van der Waals surface area contributed by atoms with Gasteiger partial charge in [-0.15, -0.1) is 0 Å². The molecule has 0 amide bonds. The molecule has 0 aromatic heterocycles. The molecule has 0 aliphatic rings. The zero-order valence-electron chi connectivity index (χ0n) is 8.86. The summed E-state index contributed by atoms with van der Waals surface area (Å²) in [6, 6.07) is 6.60. The van der Waals surface area contributed by atoms with Gasteiger partial charge in [0.05, 0.1) is 4.90 Å². The zero-order valence-corrected chi connectivity index (χ0v) is 9.67. The lowest BCUT2D eigenvalue weighted by Crippen LogP contribution is -2.15. The number of rotatable bonds is 4. The number of hydrogen-bond acceptors (Lipinski definition) is 3. The number of Topliss-reactive ketones (excluding diaryl/α,β-unsaturated/α-hetero) is 1. The Balaban J connectivity index is 3.01. The van der Waals surface area contributed by atoms with Crippen LogP contribution in [0, 0.1) is 6.92 Å². The Kier molecular flexibility index (Phi) is 3.63. The van der Waals surface area contributed by atoms with E-state index in [0.717, 1.165) is 5.56 Å². The molecule has 0 radical (unpaired) electrons. The summed E-state index contributed by atoms with van der Waals surface area (Å²) in [6.45, 7) is 3.48. The summed E-state index contributed by atoms with van der Waals surface area (Å²) < 4.78 is 23.5. The highest BCUT2D eigenvalue weighted by atomic mass is 32.2. The summed E-state index contributed by atoms with van der Waals surface area (Å²) in [7, 11) is -3.44. The lowest BCUT2D eigenvalue weighted by molar-refractivity contribution is -0.116. The Labute approximate surface area is 90.0 Å². The van der Waals surface area contributed by atoms with E-state index in [4.69, 9.17) is 0 Å². The molecule has 15 heavy (non-hydrogen) atoms. The molecular formula is C11H14O3S. The second kappa shape index (κ2) is 4.57. The van der Waals surface area contributed by atoms with E-state index in [2.05, 4.69) is 0 Å². The van der Waals surface area contributed by atoms with Crippen molar-refractivity contribution in [1.82, 2.24) is 0 Å². The van der Waals surface area contributed by atoms with Crippen molar-refractivity contribution in [3.63, 3.8) is 0 Å². The zero-order chi connectivity index (χ0) is 11.5. The van der Waals surface area contributed by atoms with Gasteiger partial charge in [0.25, 0.3) is 0 Å². The van der Waals surface area contributed by atoms with Crippen molar-refractivity contribution in [1.29, 1.82) is 0 Å². The first-order chi connectivity index (χ1) is 6.95. The van der Waals surface area contributed by atoms with Crippen molar-refractivity contribution in [2.24, 2.45) is 0 Å². The highest BCUT2D eigenvalue weighted by Gasteiger charge is 2.17. The molecule has 0 aliphatic heterocycles. The molecule has 0 heterocycles. The molecule has 0 bridgehead atoms. The molecule has 0 fully saturated rings. The van der Waals surface area contributed by atoms with Crippen LogP contribution >= 0.6 is 0 Å². The second-order valence-electron chi connectivity index (χ2n) is 3.47. The van der Waals surface area contributed by atoms with Crippen LogP contribution in [-0.4, -0.2) is 20.0 Å². The summed E-state index contributed by atoms with van der Waals surface area (Å²) in [5.74, 6) is -0.649. The van der Waals surface area contributed by atoms with Crippen LogP contribution in [-0.2, 0) is 14.6 Å². The lowest BCUT2D eigenvalue weighted by atomic mass is 10.2. The van der Waals surface area contributed by atoms with E-state index < -0.39 is 15.6 Å². The topological polar surface area (TPSA) is 51.2 Å². The van der Waals surface area contributed by atoms with Crippen molar-refractivity contribution in [3.8, 4) is 0 Å². The quantitative estimate of drug-likeness (QED) is 0.786. The molecule has 1 aromatic rings. The van der Waals surface area contributed by atoms with Crippen LogP contribution in [0.1, 0.15) is 18.9 Å². The first-order valence-corrected chi connectivity index (χ1v) is 6.42. The minimum Gasteiger partial charge on any atom is -0.299 e. The van der Waals surface area contributed by atoms with Gasteiger partial charge in [-0.1, -0.05) is 19.1 Å². The van der Waals surface area contributed by atoms with Gasteiger partial charge < -0.3 is 0 Å². The van der Waals surface area contributed by atoms with Crippen molar-refractivity contribution in [2.75, 3.05) is 5.75 Å². The van der Waals surface area contributed by atoms with Crippen LogP contribution in [0.5, 0.6) is 0 Å². The average molecular weight is 226 g/mol. The van der Waals surface area contributed by atoms with Crippen molar-refractivity contribution >= 4 is 15.6 Å². The number of aryl methyl sites for hydroxylation is 1. The minimum atomic E-state index is -3.44. The van der Waals surface area contributed by atoms with Crippen LogP contribution in [0.4, 0.5) is 0 Å². The standard InChI is InChI=1S/C11H14O3S/c1-3-10(12)8-15(13,14)11-6-4-5-9(2)7-11/h4-7H,3,8H2,1-2H3. The van der Waals surface area contributed by atoms with Gasteiger partial charge in [0.15, 0.2) is 9.84 Å². The fourth-order valence-corrected chi connectivity index (χ4v) is 2.65. The van der Waals surface area contributed by atoms with Gasteiger partial charge in [0.2, 0.25) is 0 Å². The first kappa shape index (κ1) is 11.9. The molecule has 0 saturated heterocycles. The van der Waals surface area contributed by atoms with E-state index in [0.29, 0.717) is 0 Å². The van der Waals surface area contributed by atoms with Crippen molar-refractivity contribution < 1.29 is 13.2 Å². The Bertz CT molecular complexity index is 460. The SMILES string of the molecule is CCC(=O)CS(=O)(=O)c1cccc(C)c1. The lowest BCUT2D eigenvalue weighted by Gasteiger charge is -2.03. The molecule has 1 rings (SSSR count). The minimum absolute atomic E-state index is 0.226. The fourth-order valence-electron chi connectivity index (χ4n) is 1.21. The molecular weight excluding hydrogens is 212 g/mol. The second-order valence-corrected chi connectivity index (χ2v) is 5.46. The number of sulfone groups is 1. The number of carbonyl (C=O) groups is 1. The van der Waals surface area contributed by atoms with E-state index in [1.807, 2.05) is 13.0 Å². The van der Waals surface area contributed by atoms with Gasteiger partial charge in [-0.05, 0) is 24.6 Å². The van der Waals surface area contributed by atoms with Gasteiger partial charge in [-0.3, -0.25) is 4.79 Å². The molecule has 3 nitrogen and oxygen atoms in total. The van der Waals surface area contributed by atoms with Crippen LogP contribution in [0.2, 0.25) is 0 Å². The van der Waals surface area contributed by atoms with Crippen LogP contribution < -0.4 is 0 Å². The van der Waals surface area contributed by atoms with E-state index in [1.54, 1.807) is 19.1 Å². The third-order valence-electron chi connectivity index (χ3n) is 2.09. The monoisotopic (exact) mass is 226 g/mol.